The monoisotopic (exact) mass is 364 g/mol. The van der Waals surface area contributed by atoms with Gasteiger partial charge in [-0.2, -0.15) is 0 Å². The Kier molecular flexibility index (Phi) is 5.39. The number of piperidine rings is 1. The maximum atomic E-state index is 5.26. The van der Waals surface area contributed by atoms with Gasteiger partial charge < -0.3 is 14.7 Å². The Labute approximate surface area is 160 Å². The van der Waals surface area contributed by atoms with Crippen LogP contribution in [-0.4, -0.2) is 29.8 Å². The smallest absolute Gasteiger partial charge is 0.137 e. The highest BCUT2D eigenvalue weighted by Crippen LogP contribution is 2.26. The lowest BCUT2D eigenvalue weighted by Crippen LogP contribution is -2.32. The van der Waals surface area contributed by atoms with Crippen LogP contribution in [0.1, 0.15) is 41.8 Å². The number of nitrogens with zero attached hydrogens (tertiary/aromatic N) is 3. The van der Waals surface area contributed by atoms with E-state index >= 15 is 0 Å². The summed E-state index contributed by atoms with van der Waals surface area (Å²) >= 11 is 0. The topological polar surface area (TPSA) is 54.2 Å². The Morgan fingerprint density at radius 3 is 2.70 bits per heavy atom. The number of rotatable bonds is 6. The Morgan fingerprint density at radius 1 is 1.11 bits per heavy atom. The Bertz CT molecular complexity index is 892. The largest absolute Gasteiger partial charge is 0.361 e. The number of benzene rings is 1. The molecular formula is C22H28N4O. The van der Waals surface area contributed by atoms with Gasteiger partial charge in [-0.1, -0.05) is 23.4 Å². The minimum absolute atomic E-state index is 0.826. The SMILES string of the molecule is Cc1noc(C)c1CCNCc1cc2ccccc2nc1N1CCCCC1. The van der Waals surface area contributed by atoms with Crippen LogP contribution in [0.25, 0.3) is 10.9 Å². The molecule has 1 aliphatic rings. The van der Waals surface area contributed by atoms with Crippen LogP contribution in [0.15, 0.2) is 34.9 Å². The molecule has 0 unspecified atom stereocenters. The lowest BCUT2D eigenvalue weighted by molar-refractivity contribution is 0.392. The van der Waals surface area contributed by atoms with Crippen LogP contribution in [0, 0.1) is 13.8 Å². The maximum Gasteiger partial charge on any atom is 0.137 e. The molecule has 0 amide bonds. The molecule has 3 heterocycles. The number of aromatic nitrogens is 2. The Balaban J connectivity index is 1.50. The molecular weight excluding hydrogens is 336 g/mol. The second-order valence-corrected chi connectivity index (χ2v) is 7.44. The van der Waals surface area contributed by atoms with E-state index in [2.05, 4.69) is 45.7 Å². The molecule has 1 aromatic carbocycles. The second-order valence-electron chi connectivity index (χ2n) is 7.44. The average molecular weight is 364 g/mol. The first-order valence-electron chi connectivity index (χ1n) is 9.98. The minimum Gasteiger partial charge on any atom is -0.361 e. The lowest BCUT2D eigenvalue weighted by atomic mass is 10.1. The molecule has 1 N–H and O–H groups in total. The summed E-state index contributed by atoms with van der Waals surface area (Å²) in [6.07, 6.45) is 4.77. The molecule has 1 saturated heterocycles. The number of nitrogens with one attached hydrogen (secondary N) is 1. The van der Waals surface area contributed by atoms with Gasteiger partial charge in [-0.3, -0.25) is 0 Å². The van der Waals surface area contributed by atoms with Gasteiger partial charge in [0.25, 0.3) is 0 Å². The van der Waals surface area contributed by atoms with Crippen LogP contribution in [0.4, 0.5) is 5.82 Å². The lowest BCUT2D eigenvalue weighted by Gasteiger charge is -2.30. The summed E-state index contributed by atoms with van der Waals surface area (Å²) < 4.78 is 5.26. The van der Waals surface area contributed by atoms with Gasteiger partial charge in [-0.15, -0.1) is 0 Å². The van der Waals surface area contributed by atoms with Gasteiger partial charge in [-0.25, -0.2) is 4.98 Å². The van der Waals surface area contributed by atoms with E-state index in [-0.39, 0.29) is 0 Å². The van der Waals surface area contributed by atoms with Crippen LogP contribution in [0.3, 0.4) is 0 Å². The summed E-state index contributed by atoms with van der Waals surface area (Å²) in [5.74, 6) is 2.08. The van der Waals surface area contributed by atoms with E-state index in [1.807, 2.05) is 13.8 Å². The van der Waals surface area contributed by atoms with Crippen LogP contribution in [0.5, 0.6) is 0 Å². The molecule has 2 aromatic heterocycles. The van der Waals surface area contributed by atoms with E-state index < -0.39 is 0 Å². The minimum atomic E-state index is 0.826. The molecule has 27 heavy (non-hydrogen) atoms. The van der Waals surface area contributed by atoms with E-state index in [1.54, 1.807) is 0 Å². The molecule has 5 heteroatoms. The molecule has 0 atom stereocenters. The quantitative estimate of drug-likeness (QED) is 0.666. The summed E-state index contributed by atoms with van der Waals surface area (Å²) in [6, 6.07) is 10.7. The fourth-order valence-corrected chi connectivity index (χ4v) is 3.95. The van der Waals surface area contributed by atoms with Gasteiger partial charge in [0.2, 0.25) is 0 Å². The first-order valence-corrected chi connectivity index (χ1v) is 9.98. The van der Waals surface area contributed by atoms with Crippen molar-refractivity contribution in [3.8, 4) is 0 Å². The predicted octanol–water partition coefficient (Wildman–Crippen LogP) is 4.16. The Hall–Kier alpha value is -2.40. The average Bonchev–Trinajstić information content (AvgIpc) is 3.03. The summed E-state index contributed by atoms with van der Waals surface area (Å²) in [5.41, 5.74) is 4.58. The highest BCUT2D eigenvalue weighted by molar-refractivity contribution is 5.81. The molecule has 142 valence electrons. The van der Waals surface area contributed by atoms with E-state index in [9.17, 15) is 0 Å². The van der Waals surface area contributed by atoms with E-state index in [0.717, 1.165) is 55.4 Å². The van der Waals surface area contributed by atoms with Crippen LogP contribution in [-0.2, 0) is 13.0 Å². The van der Waals surface area contributed by atoms with Crippen molar-refractivity contribution in [2.24, 2.45) is 0 Å². The van der Waals surface area contributed by atoms with Gasteiger partial charge in [-0.05, 0) is 58.2 Å². The normalized spacial score (nSPS) is 14.8. The molecule has 1 aliphatic heterocycles. The fraction of sp³-hybridized carbons (Fsp3) is 0.455. The standard InChI is InChI=1S/C22H28N4O/c1-16-20(17(2)27-25-16)10-11-23-15-19-14-18-8-4-5-9-21(18)24-22(19)26-12-6-3-7-13-26/h4-5,8-9,14,23H,3,6-7,10-13,15H2,1-2H3. The van der Waals surface area contributed by atoms with Crippen molar-refractivity contribution < 1.29 is 4.52 Å². The van der Waals surface area contributed by atoms with Gasteiger partial charge >= 0.3 is 0 Å². The summed E-state index contributed by atoms with van der Waals surface area (Å²) in [5, 5.41) is 8.85. The van der Waals surface area contributed by atoms with Gasteiger partial charge in [0.15, 0.2) is 0 Å². The zero-order valence-electron chi connectivity index (χ0n) is 16.3. The van der Waals surface area contributed by atoms with Crippen molar-refractivity contribution in [1.82, 2.24) is 15.5 Å². The first kappa shape index (κ1) is 18.0. The van der Waals surface area contributed by atoms with Gasteiger partial charge in [0.1, 0.15) is 11.6 Å². The molecule has 0 bridgehead atoms. The van der Waals surface area contributed by atoms with Crippen LogP contribution >= 0.6 is 0 Å². The first-order chi connectivity index (χ1) is 13.2. The zero-order valence-corrected chi connectivity index (χ0v) is 16.3. The van der Waals surface area contributed by atoms with E-state index in [0.29, 0.717) is 0 Å². The van der Waals surface area contributed by atoms with Crippen molar-refractivity contribution in [1.29, 1.82) is 0 Å². The van der Waals surface area contributed by atoms with Crippen LogP contribution < -0.4 is 10.2 Å². The van der Waals surface area contributed by atoms with Crippen LogP contribution in [0.2, 0.25) is 0 Å². The molecule has 1 fully saturated rings. The molecule has 3 aromatic rings. The van der Waals surface area contributed by atoms with E-state index in [1.165, 1.54) is 35.8 Å². The summed E-state index contributed by atoms with van der Waals surface area (Å²) in [4.78, 5) is 7.48. The van der Waals surface area contributed by atoms with Gasteiger partial charge in [0, 0.05) is 36.1 Å². The van der Waals surface area contributed by atoms with Crippen molar-refractivity contribution in [3.63, 3.8) is 0 Å². The highest BCUT2D eigenvalue weighted by Gasteiger charge is 2.17. The highest BCUT2D eigenvalue weighted by atomic mass is 16.5. The molecule has 5 nitrogen and oxygen atoms in total. The number of aryl methyl sites for hydroxylation is 2. The fourth-order valence-electron chi connectivity index (χ4n) is 3.95. The number of hydrogen-bond donors (Lipinski definition) is 1. The van der Waals surface area contributed by atoms with Crippen molar-refractivity contribution in [2.45, 2.75) is 46.1 Å². The predicted molar refractivity (Wildman–Crippen MR) is 109 cm³/mol. The molecule has 4 rings (SSSR count). The number of hydrogen-bond acceptors (Lipinski definition) is 5. The number of anilines is 1. The number of para-hydroxylation sites is 1. The Morgan fingerprint density at radius 2 is 1.93 bits per heavy atom. The number of fused-ring (bicyclic) bond motifs is 1. The van der Waals surface area contributed by atoms with Crippen molar-refractivity contribution >= 4 is 16.7 Å². The maximum absolute atomic E-state index is 5.26. The van der Waals surface area contributed by atoms with Crippen molar-refractivity contribution in [2.75, 3.05) is 24.5 Å². The van der Waals surface area contributed by atoms with E-state index in [4.69, 9.17) is 9.51 Å². The molecule has 0 saturated carbocycles. The van der Waals surface area contributed by atoms with Gasteiger partial charge in [0.05, 0.1) is 11.2 Å². The summed E-state index contributed by atoms with van der Waals surface area (Å²) in [7, 11) is 0. The van der Waals surface area contributed by atoms with Crippen molar-refractivity contribution in [3.05, 3.63) is 52.9 Å². The number of pyridine rings is 1. The third-order valence-corrected chi connectivity index (χ3v) is 5.48. The summed E-state index contributed by atoms with van der Waals surface area (Å²) in [6.45, 7) is 7.93. The third-order valence-electron chi connectivity index (χ3n) is 5.48. The third kappa shape index (κ3) is 3.98. The molecule has 0 radical (unpaired) electrons. The second kappa shape index (κ2) is 8.09. The zero-order chi connectivity index (χ0) is 18.6. The molecule has 0 spiro atoms. The molecule has 0 aliphatic carbocycles.